The maximum Gasteiger partial charge on any atom is 0.442 e. The molecule has 3 rings (SSSR count). The van der Waals surface area contributed by atoms with E-state index in [1.807, 2.05) is 5.32 Å². The first kappa shape index (κ1) is 19.4. The van der Waals surface area contributed by atoms with Crippen LogP contribution >= 0.6 is 0 Å². The molecule has 1 N–H and O–H groups in total. The summed E-state index contributed by atoms with van der Waals surface area (Å²) in [5, 5.41) is 1.88. The van der Waals surface area contributed by atoms with E-state index < -0.39 is 23.7 Å². The topological polar surface area (TPSA) is 61.8 Å². The SMILES string of the molecule is CC1=NC(NC(=O)c2cccc(C)c2)(C(F)(F)F)C(=O)N1C1CCCCC1. The van der Waals surface area contributed by atoms with Crippen LogP contribution in [0.1, 0.15) is 54.9 Å². The molecule has 0 aromatic heterocycles. The molecule has 1 heterocycles. The Morgan fingerprint density at radius 3 is 2.48 bits per heavy atom. The molecule has 0 radical (unpaired) electrons. The van der Waals surface area contributed by atoms with Gasteiger partial charge in [0.2, 0.25) is 0 Å². The first-order chi connectivity index (χ1) is 12.7. The highest BCUT2D eigenvalue weighted by atomic mass is 19.4. The molecule has 1 aromatic carbocycles. The number of hydrogen-bond acceptors (Lipinski definition) is 3. The quantitative estimate of drug-likeness (QED) is 0.870. The van der Waals surface area contributed by atoms with Gasteiger partial charge < -0.3 is 5.32 Å². The van der Waals surface area contributed by atoms with Gasteiger partial charge in [0.1, 0.15) is 5.84 Å². The Kier molecular flexibility index (Phi) is 5.01. The van der Waals surface area contributed by atoms with Crippen molar-refractivity contribution >= 4 is 17.6 Å². The molecular formula is C19H22F3N3O2. The van der Waals surface area contributed by atoms with Crippen molar-refractivity contribution in [3.05, 3.63) is 35.4 Å². The maximum atomic E-state index is 14.0. The summed E-state index contributed by atoms with van der Waals surface area (Å²) in [6.45, 7) is 3.11. The number of benzene rings is 1. The summed E-state index contributed by atoms with van der Waals surface area (Å²) in [6.07, 6.45) is -1.05. The van der Waals surface area contributed by atoms with Gasteiger partial charge in [0.15, 0.2) is 0 Å². The van der Waals surface area contributed by atoms with Crippen LogP contribution in [0, 0.1) is 6.92 Å². The smallest absolute Gasteiger partial charge is 0.312 e. The van der Waals surface area contributed by atoms with Crippen LogP contribution in [0.25, 0.3) is 0 Å². The van der Waals surface area contributed by atoms with E-state index in [1.165, 1.54) is 19.1 Å². The number of amidine groups is 1. The van der Waals surface area contributed by atoms with Crippen molar-refractivity contribution in [1.82, 2.24) is 10.2 Å². The third-order valence-corrected chi connectivity index (χ3v) is 5.13. The molecule has 1 saturated carbocycles. The van der Waals surface area contributed by atoms with Crippen LogP contribution in [0.2, 0.25) is 0 Å². The largest absolute Gasteiger partial charge is 0.442 e. The van der Waals surface area contributed by atoms with Crippen molar-refractivity contribution in [2.45, 2.75) is 63.8 Å². The molecule has 27 heavy (non-hydrogen) atoms. The van der Waals surface area contributed by atoms with Gasteiger partial charge in [-0.1, -0.05) is 37.0 Å². The van der Waals surface area contributed by atoms with Crippen LogP contribution in [-0.4, -0.2) is 40.4 Å². The number of carbonyl (C=O) groups excluding carboxylic acids is 2. The highest BCUT2D eigenvalue weighted by Crippen LogP contribution is 2.39. The summed E-state index contributed by atoms with van der Waals surface area (Å²) < 4.78 is 41.9. The second-order valence-electron chi connectivity index (χ2n) is 7.16. The highest BCUT2D eigenvalue weighted by molar-refractivity contribution is 6.10. The standard InChI is InChI=1S/C19H22F3N3O2/c1-12-7-6-8-14(11-12)16(26)24-18(19(20,21)22)17(27)25(13(2)23-18)15-9-4-3-5-10-15/h6-8,11,15H,3-5,9-10H2,1-2H3,(H,24,26). The van der Waals surface area contributed by atoms with Gasteiger partial charge >= 0.3 is 11.8 Å². The van der Waals surface area contributed by atoms with Gasteiger partial charge in [0.25, 0.3) is 11.8 Å². The van der Waals surface area contributed by atoms with Crippen LogP contribution in [0.4, 0.5) is 13.2 Å². The van der Waals surface area contributed by atoms with Gasteiger partial charge in [0.05, 0.1) is 0 Å². The Morgan fingerprint density at radius 2 is 1.89 bits per heavy atom. The molecule has 1 aliphatic heterocycles. The molecule has 1 aliphatic carbocycles. The first-order valence-corrected chi connectivity index (χ1v) is 9.02. The number of alkyl halides is 3. The van der Waals surface area contributed by atoms with E-state index >= 15 is 0 Å². The zero-order chi connectivity index (χ0) is 19.8. The summed E-state index contributed by atoms with van der Waals surface area (Å²) in [7, 11) is 0. The first-order valence-electron chi connectivity index (χ1n) is 9.02. The molecule has 146 valence electrons. The number of halogens is 3. The molecule has 8 heteroatoms. The Hall–Kier alpha value is -2.38. The molecule has 5 nitrogen and oxygen atoms in total. The molecule has 1 fully saturated rings. The lowest BCUT2D eigenvalue weighted by atomic mass is 9.93. The van der Waals surface area contributed by atoms with E-state index in [0.717, 1.165) is 29.7 Å². The van der Waals surface area contributed by atoms with Gasteiger partial charge in [-0.3, -0.25) is 14.5 Å². The molecular weight excluding hydrogens is 359 g/mol. The minimum atomic E-state index is -5.05. The number of amides is 2. The van der Waals surface area contributed by atoms with Crippen LogP contribution in [-0.2, 0) is 4.79 Å². The van der Waals surface area contributed by atoms with Crippen molar-refractivity contribution in [3.63, 3.8) is 0 Å². The van der Waals surface area contributed by atoms with E-state index in [1.54, 1.807) is 19.1 Å². The Labute approximate surface area is 155 Å². The number of aryl methyl sites for hydroxylation is 1. The third kappa shape index (κ3) is 3.44. The molecule has 0 bridgehead atoms. The van der Waals surface area contributed by atoms with E-state index in [2.05, 4.69) is 4.99 Å². The lowest BCUT2D eigenvalue weighted by molar-refractivity contribution is -0.197. The van der Waals surface area contributed by atoms with E-state index in [-0.39, 0.29) is 17.4 Å². The van der Waals surface area contributed by atoms with Crippen LogP contribution in [0.5, 0.6) is 0 Å². The van der Waals surface area contributed by atoms with Gasteiger partial charge in [-0.25, -0.2) is 4.99 Å². The van der Waals surface area contributed by atoms with Crippen molar-refractivity contribution < 1.29 is 22.8 Å². The average Bonchev–Trinajstić information content (AvgIpc) is 2.86. The zero-order valence-corrected chi connectivity index (χ0v) is 15.3. The minimum Gasteiger partial charge on any atom is -0.312 e. The lowest BCUT2D eigenvalue weighted by Gasteiger charge is -2.34. The normalized spacial score (nSPS) is 24.1. The number of nitrogens with zero attached hydrogens (tertiary/aromatic N) is 2. The van der Waals surface area contributed by atoms with Crippen molar-refractivity contribution in [3.8, 4) is 0 Å². The van der Waals surface area contributed by atoms with Gasteiger partial charge in [-0.05, 0) is 38.8 Å². The Morgan fingerprint density at radius 1 is 1.22 bits per heavy atom. The van der Waals surface area contributed by atoms with Crippen LogP contribution in [0.15, 0.2) is 29.3 Å². The lowest BCUT2D eigenvalue weighted by Crippen LogP contribution is -2.64. The van der Waals surface area contributed by atoms with E-state index in [0.29, 0.717) is 12.8 Å². The minimum absolute atomic E-state index is 0.00577. The van der Waals surface area contributed by atoms with Crippen molar-refractivity contribution in [1.29, 1.82) is 0 Å². The fourth-order valence-electron chi connectivity index (χ4n) is 3.79. The van der Waals surface area contributed by atoms with E-state index in [4.69, 9.17) is 0 Å². The number of hydrogen-bond donors (Lipinski definition) is 1. The molecule has 2 aliphatic rings. The molecule has 2 amide bonds. The van der Waals surface area contributed by atoms with Gasteiger partial charge in [-0.2, -0.15) is 13.2 Å². The summed E-state index contributed by atoms with van der Waals surface area (Å²) in [4.78, 5) is 30.2. The van der Waals surface area contributed by atoms with Gasteiger partial charge in [0, 0.05) is 11.6 Å². The highest BCUT2D eigenvalue weighted by Gasteiger charge is 2.67. The van der Waals surface area contributed by atoms with Crippen LogP contribution < -0.4 is 5.32 Å². The predicted octanol–water partition coefficient (Wildman–Crippen LogP) is 3.58. The third-order valence-electron chi connectivity index (χ3n) is 5.13. The molecule has 0 spiro atoms. The predicted molar refractivity (Wildman–Crippen MR) is 94.3 cm³/mol. The van der Waals surface area contributed by atoms with Gasteiger partial charge in [-0.15, -0.1) is 0 Å². The number of nitrogens with one attached hydrogen (secondary N) is 1. The van der Waals surface area contributed by atoms with Crippen molar-refractivity contribution in [2.24, 2.45) is 4.99 Å². The fraction of sp³-hybridized carbons (Fsp3) is 0.526. The fourth-order valence-corrected chi connectivity index (χ4v) is 3.79. The monoisotopic (exact) mass is 381 g/mol. The maximum absolute atomic E-state index is 14.0. The van der Waals surface area contributed by atoms with Crippen LogP contribution in [0.3, 0.4) is 0 Å². The number of carbonyl (C=O) groups is 2. The molecule has 1 atom stereocenters. The molecule has 1 unspecified atom stereocenters. The second kappa shape index (κ2) is 6.98. The summed E-state index contributed by atoms with van der Waals surface area (Å²) in [5.74, 6) is -2.21. The average molecular weight is 381 g/mol. The summed E-state index contributed by atoms with van der Waals surface area (Å²) in [5.41, 5.74) is -2.49. The number of rotatable bonds is 3. The summed E-state index contributed by atoms with van der Waals surface area (Å²) >= 11 is 0. The van der Waals surface area contributed by atoms with Crippen molar-refractivity contribution in [2.75, 3.05) is 0 Å². The van der Waals surface area contributed by atoms with E-state index in [9.17, 15) is 22.8 Å². The Bertz CT molecular complexity index is 785. The Balaban J connectivity index is 1.94. The molecule has 0 saturated heterocycles. The number of aliphatic imine (C=N–C) groups is 1. The second-order valence-corrected chi connectivity index (χ2v) is 7.16. The summed E-state index contributed by atoms with van der Waals surface area (Å²) in [6, 6.07) is 5.86. The zero-order valence-electron chi connectivity index (χ0n) is 15.3. The molecule has 1 aromatic rings.